The molecule has 2 rings (SSSR count). The van der Waals surface area contributed by atoms with E-state index in [-0.39, 0.29) is 23.9 Å². The van der Waals surface area contributed by atoms with Crippen molar-refractivity contribution in [3.8, 4) is 0 Å². The highest BCUT2D eigenvalue weighted by Gasteiger charge is 2.40. The normalized spacial score (nSPS) is 35.0. The Balaban J connectivity index is 1.94. The molecule has 1 unspecified atom stereocenters. The smallest absolute Gasteiger partial charge is 0.240 e. The largest absolute Gasteiger partial charge is 0.368 e. The van der Waals surface area contributed by atoms with Crippen molar-refractivity contribution in [1.82, 2.24) is 4.90 Å². The van der Waals surface area contributed by atoms with Gasteiger partial charge in [-0.05, 0) is 25.7 Å². The summed E-state index contributed by atoms with van der Waals surface area (Å²) in [4.78, 5) is 24.5. The second-order valence-corrected chi connectivity index (χ2v) is 4.51. The predicted molar refractivity (Wildman–Crippen MR) is 54.6 cm³/mol. The van der Waals surface area contributed by atoms with E-state index in [1.54, 1.807) is 4.90 Å². The molecule has 15 heavy (non-hydrogen) atoms. The topological polar surface area (TPSA) is 89.4 Å². The highest BCUT2D eigenvalue weighted by molar-refractivity contribution is 5.89. The van der Waals surface area contributed by atoms with Crippen molar-refractivity contribution in [2.45, 2.75) is 37.8 Å². The number of nitrogens with zero attached hydrogens (tertiary/aromatic N) is 1. The van der Waals surface area contributed by atoms with E-state index in [0.29, 0.717) is 13.0 Å². The Morgan fingerprint density at radius 1 is 1.20 bits per heavy atom. The van der Waals surface area contributed by atoms with E-state index in [4.69, 9.17) is 11.5 Å². The van der Waals surface area contributed by atoms with Gasteiger partial charge < -0.3 is 16.4 Å². The van der Waals surface area contributed by atoms with Gasteiger partial charge in [0, 0.05) is 18.5 Å². The van der Waals surface area contributed by atoms with Crippen molar-refractivity contribution in [3.63, 3.8) is 0 Å². The number of likely N-dealkylation sites (tertiary alicyclic amines) is 1. The van der Waals surface area contributed by atoms with Crippen LogP contribution in [0.3, 0.4) is 0 Å². The van der Waals surface area contributed by atoms with Crippen LogP contribution in [0, 0.1) is 5.92 Å². The van der Waals surface area contributed by atoms with Gasteiger partial charge in [-0.15, -0.1) is 0 Å². The van der Waals surface area contributed by atoms with Crippen molar-refractivity contribution >= 4 is 11.8 Å². The molecule has 1 aliphatic heterocycles. The average Bonchev–Trinajstić information content (AvgIpc) is 2.48. The maximum absolute atomic E-state index is 12.0. The molecular formula is C10H17N3O2. The lowest BCUT2D eigenvalue weighted by Crippen LogP contribution is -2.58. The van der Waals surface area contributed by atoms with Crippen LogP contribution in [0.5, 0.6) is 0 Å². The number of carbonyl (C=O) groups excluding carboxylic acids is 2. The molecule has 5 heteroatoms. The van der Waals surface area contributed by atoms with Crippen LogP contribution in [0.4, 0.5) is 0 Å². The maximum Gasteiger partial charge on any atom is 0.240 e. The number of primary amides is 1. The Labute approximate surface area is 88.8 Å². The Hall–Kier alpha value is -1.10. The van der Waals surface area contributed by atoms with Gasteiger partial charge in [-0.1, -0.05) is 0 Å². The number of carbonyl (C=O) groups is 2. The summed E-state index contributed by atoms with van der Waals surface area (Å²) >= 11 is 0. The van der Waals surface area contributed by atoms with Gasteiger partial charge in [0.1, 0.15) is 6.04 Å². The third-order valence-electron chi connectivity index (χ3n) is 3.45. The molecule has 0 spiro atoms. The van der Waals surface area contributed by atoms with Gasteiger partial charge in [-0.2, -0.15) is 0 Å². The summed E-state index contributed by atoms with van der Waals surface area (Å²) in [5.41, 5.74) is 10.9. The Morgan fingerprint density at radius 3 is 2.33 bits per heavy atom. The molecule has 1 saturated heterocycles. The minimum absolute atomic E-state index is 0.0159. The second kappa shape index (κ2) is 3.81. The van der Waals surface area contributed by atoms with Crippen LogP contribution in [0.25, 0.3) is 0 Å². The van der Waals surface area contributed by atoms with Crippen LogP contribution in [-0.4, -0.2) is 35.3 Å². The maximum atomic E-state index is 12.0. The van der Waals surface area contributed by atoms with E-state index in [1.807, 2.05) is 0 Å². The Morgan fingerprint density at radius 2 is 1.93 bits per heavy atom. The van der Waals surface area contributed by atoms with Crippen LogP contribution < -0.4 is 11.5 Å². The molecule has 1 heterocycles. The van der Waals surface area contributed by atoms with Crippen molar-refractivity contribution in [3.05, 3.63) is 0 Å². The molecule has 3 atom stereocenters. The van der Waals surface area contributed by atoms with E-state index < -0.39 is 5.91 Å². The summed E-state index contributed by atoms with van der Waals surface area (Å²) in [6, 6.07) is -0.221. The van der Waals surface area contributed by atoms with E-state index in [1.165, 1.54) is 0 Å². The molecule has 2 aliphatic rings. The van der Waals surface area contributed by atoms with Gasteiger partial charge in [0.05, 0.1) is 0 Å². The van der Waals surface area contributed by atoms with E-state index in [9.17, 15) is 9.59 Å². The molecule has 1 aliphatic carbocycles. The zero-order valence-corrected chi connectivity index (χ0v) is 8.69. The lowest BCUT2D eigenvalue weighted by atomic mass is 9.97. The number of amides is 2. The molecule has 0 aromatic rings. The summed E-state index contributed by atoms with van der Waals surface area (Å²) in [7, 11) is 0. The van der Waals surface area contributed by atoms with Crippen molar-refractivity contribution in [1.29, 1.82) is 0 Å². The van der Waals surface area contributed by atoms with E-state index >= 15 is 0 Å². The van der Waals surface area contributed by atoms with E-state index in [2.05, 4.69) is 0 Å². The van der Waals surface area contributed by atoms with Crippen LogP contribution in [0.1, 0.15) is 25.7 Å². The number of hydrogen-bond acceptors (Lipinski definition) is 3. The predicted octanol–water partition coefficient (Wildman–Crippen LogP) is -0.800. The summed E-state index contributed by atoms with van der Waals surface area (Å²) in [6.45, 7) is 0.665. The minimum atomic E-state index is -0.392. The van der Waals surface area contributed by atoms with Gasteiger partial charge in [-0.25, -0.2) is 0 Å². The SMILES string of the molecule is NC(=O)C1CCN1C(=O)[C@@H]1CC[C@H](N)C1. The quantitative estimate of drug-likeness (QED) is 0.626. The minimum Gasteiger partial charge on any atom is -0.368 e. The summed E-state index contributed by atoms with van der Waals surface area (Å²) < 4.78 is 0. The highest BCUT2D eigenvalue weighted by Crippen LogP contribution is 2.29. The first-order valence-corrected chi connectivity index (χ1v) is 5.45. The summed E-state index contributed by atoms with van der Waals surface area (Å²) in [5, 5.41) is 0. The molecule has 0 aromatic carbocycles. The van der Waals surface area contributed by atoms with Gasteiger partial charge in [0.25, 0.3) is 0 Å². The average molecular weight is 211 g/mol. The Kier molecular flexibility index (Phi) is 2.65. The molecule has 4 N–H and O–H groups in total. The fourth-order valence-corrected chi connectivity index (χ4v) is 2.42. The van der Waals surface area contributed by atoms with Crippen LogP contribution in [-0.2, 0) is 9.59 Å². The third kappa shape index (κ3) is 1.84. The molecule has 1 saturated carbocycles. The first-order valence-electron chi connectivity index (χ1n) is 5.45. The number of nitrogens with two attached hydrogens (primary N) is 2. The van der Waals surface area contributed by atoms with Gasteiger partial charge in [0.15, 0.2) is 0 Å². The fraction of sp³-hybridized carbons (Fsp3) is 0.800. The second-order valence-electron chi connectivity index (χ2n) is 4.51. The Bertz CT molecular complexity index is 292. The number of hydrogen-bond donors (Lipinski definition) is 2. The zero-order chi connectivity index (χ0) is 11.0. The lowest BCUT2D eigenvalue weighted by Gasteiger charge is -2.40. The molecule has 5 nitrogen and oxygen atoms in total. The van der Waals surface area contributed by atoms with Crippen molar-refractivity contribution in [2.75, 3.05) is 6.54 Å². The third-order valence-corrected chi connectivity index (χ3v) is 3.45. The molecule has 0 bridgehead atoms. The van der Waals surface area contributed by atoms with Gasteiger partial charge in [0.2, 0.25) is 11.8 Å². The van der Waals surface area contributed by atoms with Gasteiger partial charge in [-0.3, -0.25) is 9.59 Å². The first-order chi connectivity index (χ1) is 7.09. The van der Waals surface area contributed by atoms with Crippen molar-refractivity contribution < 1.29 is 9.59 Å². The fourth-order valence-electron chi connectivity index (χ4n) is 2.42. The van der Waals surface area contributed by atoms with Gasteiger partial charge >= 0.3 is 0 Å². The molecule has 84 valence electrons. The standard InChI is InChI=1S/C10H17N3O2/c11-7-2-1-6(5-7)10(15)13-4-3-8(13)9(12)14/h6-8H,1-5,11H2,(H2,12,14)/t6-,7+,8?/m1/s1. The molecular weight excluding hydrogens is 194 g/mol. The molecule has 2 fully saturated rings. The van der Waals surface area contributed by atoms with Crippen LogP contribution in [0.2, 0.25) is 0 Å². The van der Waals surface area contributed by atoms with E-state index in [0.717, 1.165) is 19.3 Å². The summed E-state index contributed by atoms with van der Waals surface area (Å²) in [5.74, 6) is -0.308. The summed E-state index contributed by atoms with van der Waals surface area (Å²) in [6.07, 6.45) is 3.22. The molecule has 0 aromatic heterocycles. The lowest BCUT2D eigenvalue weighted by molar-refractivity contribution is -0.149. The first kappa shape index (κ1) is 10.4. The van der Waals surface area contributed by atoms with Crippen LogP contribution in [0.15, 0.2) is 0 Å². The zero-order valence-electron chi connectivity index (χ0n) is 8.69. The highest BCUT2D eigenvalue weighted by atomic mass is 16.2. The monoisotopic (exact) mass is 211 g/mol. The molecule has 2 amide bonds. The molecule has 0 radical (unpaired) electrons. The number of rotatable bonds is 2. The van der Waals surface area contributed by atoms with Crippen molar-refractivity contribution in [2.24, 2.45) is 17.4 Å². The van der Waals surface area contributed by atoms with Crippen LogP contribution >= 0.6 is 0 Å².